The lowest BCUT2D eigenvalue weighted by Gasteiger charge is -2.39. The molecule has 1 N–H and O–H groups in total. The Morgan fingerprint density at radius 1 is 1.58 bits per heavy atom. The number of ether oxygens (including phenoxy) is 1. The fraction of sp³-hybridized carbons (Fsp3) is 0.882. The molecule has 150 valence electrons. The number of hydroxylamine groups is 2. The maximum absolute atomic E-state index is 13.0. The van der Waals surface area contributed by atoms with Crippen molar-refractivity contribution in [3.05, 3.63) is 10.7 Å². The molecule has 4 unspecified atom stereocenters. The lowest BCUT2D eigenvalue weighted by molar-refractivity contribution is 0.103. The van der Waals surface area contributed by atoms with E-state index >= 15 is 0 Å². The number of hydrogen-bond donors (Lipinski definition) is 1. The molecule has 2 fully saturated rings. The van der Waals surface area contributed by atoms with Crippen LogP contribution in [0.15, 0.2) is 5.51 Å². The summed E-state index contributed by atoms with van der Waals surface area (Å²) in [6, 6.07) is 0. The zero-order valence-electron chi connectivity index (χ0n) is 16.1. The fourth-order valence-electron chi connectivity index (χ4n) is 3.24. The van der Waals surface area contributed by atoms with Crippen LogP contribution in [0.3, 0.4) is 0 Å². The quantitative estimate of drug-likeness (QED) is 0.391. The van der Waals surface area contributed by atoms with Gasteiger partial charge in [0.1, 0.15) is 12.2 Å². The number of nitrogens with zero attached hydrogens (tertiary/aromatic N) is 4. The van der Waals surface area contributed by atoms with Gasteiger partial charge in [0.15, 0.2) is 6.17 Å². The third-order valence-corrected chi connectivity index (χ3v) is 5.93. The highest BCUT2D eigenvalue weighted by molar-refractivity contribution is 9.09. The van der Waals surface area contributed by atoms with Crippen molar-refractivity contribution >= 4 is 32.4 Å². The lowest BCUT2D eigenvalue weighted by Crippen LogP contribution is -2.57. The standard InChI is InChI=1S/C11H19N5O2S.C6H13Br/c1-15-6-10(12-5-9-3-2-4-18-9)16(17,8-15)11-14-13-7-19-11;1-3-4-5-6(2)7/h7,9-10,12H,2-6,8H2,1H3;6H,3-5H2,1-2H3. The van der Waals surface area contributed by atoms with Crippen LogP contribution < -0.4 is 9.96 Å². The summed E-state index contributed by atoms with van der Waals surface area (Å²) in [5.41, 5.74) is 1.61. The second-order valence-corrected chi connectivity index (χ2v) is 9.55. The molecule has 7 nitrogen and oxygen atoms in total. The first-order valence-corrected chi connectivity index (χ1v) is 11.3. The molecule has 0 bridgehead atoms. The Labute approximate surface area is 169 Å². The van der Waals surface area contributed by atoms with E-state index in [0.717, 1.165) is 32.5 Å². The zero-order chi connectivity index (χ0) is 19.0. The summed E-state index contributed by atoms with van der Waals surface area (Å²) in [4.78, 5) is 2.74. The van der Waals surface area contributed by atoms with Crippen LogP contribution in [0.2, 0.25) is 0 Å². The summed E-state index contributed by atoms with van der Waals surface area (Å²) in [5.74, 6) is 0. The van der Waals surface area contributed by atoms with Crippen molar-refractivity contribution in [3.63, 3.8) is 0 Å². The van der Waals surface area contributed by atoms with Crippen LogP contribution in [-0.2, 0) is 4.74 Å². The second-order valence-electron chi connectivity index (χ2n) is 7.18. The molecule has 0 radical (unpaired) electrons. The van der Waals surface area contributed by atoms with Crippen molar-refractivity contribution in [1.82, 2.24) is 25.1 Å². The highest BCUT2D eigenvalue weighted by Crippen LogP contribution is 2.30. The molecule has 1 aromatic rings. The van der Waals surface area contributed by atoms with Gasteiger partial charge < -0.3 is 9.94 Å². The van der Waals surface area contributed by atoms with Gasteiger partial charge in [0, 0.05) is 18.0 Å². The highest BCUT2D eigenvalue weighted by Gasteiger charge is 2.42. The molecule has 0 amide bonds. The van der Waals surface area contributed by atoms with Crippen LogP contribution in [-0.4, -0.2) is 65.6 Å². The van der Waals surface area contributed by atoms with Crippen molar-refractivity contribution in [3.8, 4) is 0 Å². The molecule has 0 aromatic carbocycles. The van der Waals surface area contributed by atoms with E-state index in [0.29, 0.717) is 16.6 Å². The van der Waals surface area contributed by atoms with Crippen molar-refractivity contribution in [2.24, 2.45) is 0 Å². The minimum absolute atomic E-state index is 0.192. The zero-order valence-corrected chi connectivity index (χ0v) is 18.5. The van der Waals surface area contributed by atoms with Crippen LogP contribution in [0.4, 0.5) is 5.13 Å². The minimum Gasteiger partial charge on any atom is -0.623 e. The maximum Gasteiger partial charge on any atom is 0.308 e. The Morgan fingerprint density at radius 3 is 2.92 bits per heavy atom. The van der Waals surface area contributed by atoms with Gasteiger partial charge in [0.05, 0.1) is 12.6 Å². The summed E-state index contributed by atoms with van der Waals surface area (Å²) in [5, 5.41) is 24.7. The summed E-state index contributed by atoms with van der Waals surface area (Å²) >= 11 is 4.80. The molecule has 1 aromatic heterocycles. The first-order valence-electron chi connectivity index (χ1n) is 9.48. The van der Waals surface area contributed by atoms with E-state index in [1.165, 1.54) is 30.6 Å². The normalized spacial score (nSPS) is 30.2. The molecule has 0 saturated carbocycles. The predicted molar refractivity (Wildman–Crippen MR) is 111 cm³/mol. The van der Waals surface area contributed by atoms with E-state index < -0.39 is 4.65 Å². The number of nitrogens with one attached hydrogen (secondary N) is 1. The monoisotopic (exact) mass is 449 g/mol. The first-order chi connectivity index (χ1) is 12.5. The Kier molecular flexibility index (Phi) is 9.36. The molecular weight excluding hydrogens is 418 g/mol. The minimum atomic E-state index is -0.451. The van der Waals surface area contributed by atoms with Gasteiger partial charge in [-0.2, -0.15) is 0 Å². The largest absolute Gasteiger partial charge is 0.623 e. The third-order valence-electron chi connectivity index (χ3n) is 4.67. The van der Waals surface area contributed by atoms with E-state index in [1.54, 1.807) is 5.51 Å². The maximum atomic E-state index is 13.0. The van der Waals surface area contributed by atoms with Gasteiger partial charge >= 0.3 is 5.13 Å². The molecule has 9 heteroatoms. The van der Waals surface area contributed by atoms with Crippen LogP contribution >= 0.6 is 27.3 Å². The molecule has 3 rings (SSSR count). The third kappa shape index (κ3) is 6.47. The number of alkyl halides is 1. The van der Waals surface area contributed by atoms with Crippen LogP contribution in [0, 0.1) is 5.21 Å². The van der Waals surface area contributed by atoms with E-state index in [-0.39, 0.29) is 12.3 Å². The average molecular weight is 450 g/mol. The van der Waals surface area contributed by atoms with Gasteiger partial charge in [0.25, 0.3) is 0 Å². The van der Waals surface area contributed by atoms with Gasteiger partial charge in [0.2, 0.25) is 0 Å². The summed E-state index contributed by atoms with van der Waals surface area (Å²) in [6.45, 7) is 7.11. The number of hydrogen-bond acceptors (Lipinski definition) is 7. The van der Waals surface area contributed by atoms with Gasteiger partial charge in [-0.05, 0) is 37.6 Å². The molecule has 2 aliphatic rings. The molecule has 0 aliphatic carbocycles. The van der Waals surface area contributed by atoms with Crippen molar-refractivity contribution < 1.29 is 4.74 Å². The topological polar surface area (TPSA) is 73.3 Å². The summed E-state index contributed by atoms with van der Waals surface area (Å²) in [7, 11) is 1.96. The lowest BCUT2D eigenvalue weighted by atomic mass is 10.2. The van der Waals surface area contributed by atoms with Crippen molar-refractivity contribution in [1.29, 1.82) is 0 Å². The number of halogens is 1. The average Bonchev–Trinajstić information content (AvgIpc) is 3.33. The molecular formula is C17H32BrN5O2S. The number of aromatic nitrogens is 2. The molecule has 2 saturated heterocycles. The van der Waals surface area contributed by atoms with E-state index in [4.69, 9.17) is 4.74 Å². The van der Waals surface area contributed by atoms with E-state index in [1.807, 2.05) is 11.9 Å². The Morgan fingerprint density at radius 2 is 2.38 bits per heavy atom. The van der Waals surface area contributed by atoms with Gasteiger partial charge in [-0.1, -0.05) is 47.7 Å². The number of quaternary nitrogens is 1. The van der Waals surface area contributed by atoms with Crippen LogP contribution in [0.1, 0.15) is 46.0 Å². The summed E-state index contributed by atoms with van der Waals surface area (Å²) in [6.07, 6.45) is 6.23. The first kappa shape index (κ1) is 22.1. The molecule has 0 spiro atoms. The van der Waals surface area contributed by atoms with Crippen LogP contribution in [0.25, 0.3) is 0 Å². The van der Waals surface area contributed by atoms with E-state index in [9.17, 15) is 5.21 Å². The Hall–Kier alpha value is -0.160. The number of likely N-dealkylation sites (N-methyl/N-ethyl adjacent to an activating group) is 1. The van der Waals surface area contributed by atoms with Gasteiger partial charge in [-0.25, -0.2) is 0 Å². The molecule has 2 aliphatic heterocycles. The molecule has 4 atom stereocenters. The van der Waals surface area contributed by atoms with Crippen LogP contribution in [0.5, 0.6) is 0 Å². The highest BCUT2D eigenvalue weighted by atomic mass is 79.9. The summed E-state index contributed by atoms with van der Waals surface area (Å²) < 4.78 is 5.14. The van der Waals surface area contributed by atoms with Crippen molar-refractivity contribution in [2.75, 3.05) is 33.4 Å². The molecule has 26 heavy (non-hydrogen) atoms. The predicted octanol–water partition coefficient (Wildman–Crippen LogP) is 3.30. The fourth-order valence-corrected chi connectivity index (χ4v) is 4.21. The molecule has 3 heterocycles. The van der Waals surface area contributed by atoms with E-state index in [2.05, 4.69) is 45.3 Å². The SMILES string of the molecule is CCCCC(C)Br.CN1CC(NCC2CCCO2)[N+]([O-])(c2nncs2)C1. The number of rotatable bonds is 7. The van der Waals surface area contributed by atoms with Gasteiger partial charge in [-0.15, -0.1) is 5.10 Å². The second kappa shape index (κ2) is 11.0. The smallest absolute Gasteiger partial charge is 0.308 e. The van der Waals surface area contributed by atoms with Gasteiger partial charge in [-0.3, -0.25) is 14.9 Å². The van der Waals surface area contributed by atoms with Crippen molar-refractivity contribution in [2.45, 2.75) is 63.0 Å². The Balaban J connectivity index is 0.000000298. The Bertz CT molecular complexity index is 501. The number of unbranched alkanes of at least 4 members (excludes halogenated alkanes) is 1.